The van der Waals surface area contributed by atoms with Crippen molar-refractivity contribution >= 4 is 36.6 Å². The molecule has 1 N–H and O–H groups in total. The van der Waals surface area contributed by atoms with Gasteiger partial charge in [0.15, 0.2) is 5.13 Å². The fraction of sp³-hybridized carbons (Fsp3) is 0.357. The minimum Gasteiger partial charge on any atom is -0.343 e. The van der Waals surface area contributed by atoms with Gasteiger partial charge in [-0.15, -0.1) is 11.3 Å². The van der Waals surface area contributed by atoms with Crippen molar-refractivity contribution in [2.45, 2.75) is 17.5 Å². The van der Waals surface area contributed by atoms with Gasteiger partial charge in [0.1, 0.15) is 6.10 Å². The summed E-state index contributed by atoms with van der Waals surface area (Å²) in [6.07, 6.45) is 0.662. The van der Waals surface area contributed by atoms with Gasteiger partial charge in [-0.25, -0.2) is 18.1 Å². The lowest BCUT2D eigenvalue weighted by Crippen LogP contribution is -2.53. The SMILES string of the molecule is CS(=O)(=O)OC1CN(c2nc(CNS(=O)(=O)c3ccccc3)cs2)C1. The molecule has 1 aromatic heterocycles. The number of nitrogens with zero attached hydrogens (tertiary/aromatic N) is 2. The van der Waals surface area contributed by atoms with Crippen LogP contribution in [0.15, 0.2) is 40.6 Å². The standard InChI is InChI=1S/C14H17N3O5S3/c1-24(18,19)22-12-8-17(9-12)14-16-11(10-23-14)7-15-25(20,21)13-5-3-2-4-6-13/h2-6,10,12,15H,7-9H2,1H3. The molecule has 0 radical (unpaired) electrons. The van der Waals surface area contributed by atoms with Crippen LogP contribution >= 0.6 is 11.3 Å². The Hall–Kier alpha value is -1.53. The molecule has 0 amide bonds. The summed E-state index contributed by atoms with van der Waals surface area (Å²) in [6, 6.07) is 8.12. The molecule has 0 aliphatic carbocycles. The molecule has 0 bridgehead atoms. The number of benzene rings is 1. The lowest BCUT2D eigenvalue weighted by Gasteiger charge is -2.37. The first kappa shape index (κ1) is 18.3. The fourth-order valence-electron chi connectivity index (χ4n) is 2.28. The predicted octanol–water partition coefficient (Wildman–Crippen LogP) is 0.786. The molecule has 11 heteroatoms. The Morgan fingerprint density at radius 1 is 1.24 bits per heavy atom. The molecule has 136 valence electrons. The average Bonchev–Trinajstić information content (AvgIpc) is 2.97. The molecular weight excluding hydrogens is 386 g/mol. The second kappa shape index (κ2) is 7.00. The number of sulfonamides is 1. The number of nitrogens with one attached hydrogen (secondary N) is 1. The normalized spacial score (nSPS) is 16.0. The zero-order valence-corrected chi connectivity index (χ0v) is 15.8. The van der Waals surface area contributed by atoms with Crippen molar-refractivity contribution in [2.75, 3.05) is 24.2 Å². The van der Waals surface area contributed by atoms with E-state index in [1.807, 2.05) is 4.90 Å². The van der Waals surface area contributed by atoms with Crippen LogP contribution in [0.1, 0.15) is 5.69 Å². The quantitative estimate of drug-likeness (QED) is 0.681. The Morgan fingerprint density at radius 3 is 2.56 bits per heavy atom. The summed E-state index contributed by atoms with van der Waals surface area (Å²) in [4.78, 5) is 6.46. The molecule has 0 saturated carbocycles. The molecule has 0 spiro atoms. The van der Waals surface area contributed by atoms with E-state index in [-0.39, 0.29) is 17.5 Å². The van der Waals surface area contributed by atoms with E-state index >= 15 is 0 Å². The van der Waals surface area contributed by atoms with Crippen LogP contribution in [0, 0.1) is 0 Å². The van der Waals surface area contributed by atoms with Gasteiger partial charge in [-0.2, -0.15) is 8.42 Å². The van der Waals surface area contributed by atoms with Gasteiger partial charge in [0, 0.05) is 18.5 Å². The Kier molecular flexibility index (Phi) is 5.11. The van der Waals surface area contributed by atoms with E-state index in [1.165, 1.54) is 23.5 Å². The number of hydrogen-bond acceptors (Lipinski definition) is 8. The summed E-state index contributed by atoms with van der Waals surface area (Å²) >= 11 is 1.37. The topological polar surface area (TPSA) is 106 Å². The monoisotopic (exact) mass is 403 g/mol. The van der Waals surface area contributed by atoms with Gasteiger partial charge in [-0.1, -0.05) is 18.2 Å². The van der Waals surface area contributed by atoms with E-state index in [9.17, 15) is 16.8 Å². The van der Waals surface area contributed by atoms with E-state index < -0.39 is 20.1 Å². The third-order valence-corrected chi connectivity index (χ3v) is 6.46. The fourth-order valence-corrected chi connectivity index (χ4v) is 4.76. The number of rotatable bonds is 7. The molecule has 8 nitrogen and oxygen atoms in total. The first-order valence-corrected chi connectivity index (χ1v) is 11.5. The van der Waals surface area contributed by atoms with Crippen LogP contribution in [0.3, 0.4) is 0 Å². The third-order valence-electron chi connectivity index (χ3n) is 3.47. The van der Waals surface area contributed by atoms with E-state index in [1.54, 1.807) is 23.6 Å². The van der Waals surface area contributed by atoms with Gasteiger partial charge in [0.05, 0.1) is 23.4 Å². The Labute approximate surface area is 150 Å². The van der Waals surface area contributed by atoms with Crippen molar-refractivity contribution in [2.24, 2.45) is 0 Å². The minimum atomic E-state index is -3.58. The molecule has 25 heavy (non-hydrogen) atoms. The first-order valence-electron chi connectivity index (χ1n) is 7.35. The number of aromatic nitrogens is 1. The average molecular weight is 404 g/mol. The van der Waals surface area contributed by atoms with Crippen LogP contribution in [0.5, 0.6) is 0 Å². The molecule has 2 heterocycles. The van der Waals surface area contributed by atoms with Crippen LogP contribution in [0.2, 0.25) is 0 Å². The number of thiazole rings is 1. The molecule has 0 unspecified atom stereocenters. The van der Waals surface area contributed by atoms with Crippen LogP contribution in [-0.2, 0) is 30.9 Å². The largest absolute Gasteiger partial charge is 0.343 e. The van der Waals surface area contributed by atoms with E-state index in [4.69, 9.17) is 4.18 Å². The van der Waals surface area contributed by atoms with Gasteiger partial charge >= 0.3 is 0 Å². The van der Waals surface area contributed by atoms with Crippen LogP contribution in [-0.4, -0.2) is 47.3 Å². The third kappa shape index (κ3) is 4.76. The maximum absolute atomic E-state index is 12.2. The summed E-state index contributed by atoms with van der Waals surface area (Å²) in [7, 11) is -7.03. The van der Waals surface area contributed by atoms with Crippen molar-refractivity contribution in [3.05, 3.63) is 41.4 Å². The van der Waals surface area contributed by atoms with Gasteiger partial charge in [0.25, 0.3) is 10.1 Å². The molecule has 1 aromatic carbocycles. The molecule has 2 aromatic rings. The highest BCUT2D eigenvalue weighted by atomic mass is 32.2. The van der Waals surface area contributed by atoms with Gasteiger partial charge in [0.2, 0.25) is 10.0 Å². The summed E-state index contributed by atoms with van der Waals surface area (Å²) in [5, 5.41) is 2.48. The summed E-state index contributed by atoms with van der Waals surface area (Å²) in [6.45, 7) is 0.969. The summed E-state index contributed by atoms with van der Waals surface area (Å²) in [5.74, 6) is 0. The zero-order valence-electron chi connectivity index (χ0n) is 13.3. The highest BCUT2D eigenvalue weighted by molar-refractivity contribution is 7.89. The number of hydrogen-bond donors (Lipinski definition) is 1. The maximum Gasteiger partial charge on any atom is 0.264 e. The smallest absolute Gasteiger partial charge is 0.264 e. The molecule has 1 fully saturated rings. The highest BCUT2D eigenvalue weighted by Gasteiger charge is 2.32. The zero-order chi connectivity index (χ0) is 18.1. The highest BCUT2D eigenvalue weighted by Crippen LogP contribution is 2.27. The second-order valence-corrected chi connectivity index (χ2v) is 9.79. The van der Waals surface area contributed by atoms with Crippen molar-refractivity contribution in [3.63, 3.8) is 0 Å². The van der Waals surface area contributed by atoms with Gasteiger partial charge < -0.3 is 4.90 Å². The maximum atomic E-state index is 12.2. The van der Waals surface area contributed by atoms with Crippen molar-refractivity contribution in [3.8, 4) is 0 Å². The van der Waals surface area contributed by atoms with E-state index in [2.05, 4.69) is 9.71 Å². The van der Waals surface area contributed by atoms with Crippen LogP contribution in [0.4, 0.5) is 5.13 Å². The Balaban J connectivity index is 1.55. The molecule has 0 atom stereocenters. The van der Waals surface area contributed by atoms with Crippen LogP contribution < -0.4 is 9.62 Å². The number of anilines is 1. The molecular formula is C14H17N3O5S3. The van der Waals surface area contributed by atoms with Gasteiger partial charge in [-0.3, -0.25) is 4.18 Å². The molecule has 1 aliphatic heterocycles. The Bertz CT molecular complexity index is 935. The van der Waals surface area contributed by atoms with Crippen molar-refractivity contribution < 1.29 is 21.0 Å². The summed E-state index contributed by atoms with van der Waals surface area (Å²) < 4.78 is 53.9. The van der Waals surface area contributed by atoms with E-state index in [0.29, 0.717) is 23.9 Å². The lowest BCUT2D eigenvalue weighted by molar-refractivity contribution is 0.177. The van der Waals surface area contributed by atoms with E-state index in [0.717, 1.165) is 6.26 Å². The van der Waals surface area contributed by atoms with Crippen molar-refractivity contribution in [1.82, 2.24) is 9.71 Å². The minimum absolute atomic E-state index is 0.0881. The summed E-state index contributed by atoms with van der Waals surface area (Å²) in [5.41, 5.74) is 0.604. The second-order valence-electron chi connectivity index (χ2n) is 5.59. The lowest BCUT2D eigenvalue weighted by atomic mass is 10.2. The first-order chi connectivity index (χ1) is 11.7. The molecule has 1 saturated heterocycles. The molecule has 1 aliphatic rings. The predicted molar refractivity (Wildman–Crippen MR) is 94.5 cm³/mol. The Morgan fingerprint density at radius 2 is 1.92 bits per heavy atom. The van der Waals surface area contributed by atoms with Crippen molar-refractivity contribution in [1.29, 1.82) is 0 Å². The van der Waals surface area contributed by atoms with Crippen LogP contribution in [0.25, 0.3) is 0 Å². The van der Waals surface area contributed by atoms with Gasteiger partial charge in [-0.05, 0) is 12.1 Å². The molecule has 3 rings (SSSR count).